The van der Waals surface area contributed by atoms with E-state index in [0.717, 1.165) is 19.3 Å². The summed E-state index contributed by atoms with van der Waals surface area (Å²) >= 11 is 1.23. The topological polar surface area (TPSA) is 89.6 Å². The molecule has 0 bridgehead atoms. The van der Waals surface area contributed by atoms with Crippen LogP contribution in [0.15, 0.2) is 71.9 Å². The molecule has 7 nitrogen and oxygen atoms in total. The largest absolute Gasteiger partial charge is 0.454 e. The van der Waals surface area contributed by atoms with E-state index in [4.69, 9.17) is 9.47 Å². The zero-order valence-electron chi connectivity index (χ0n) is 18.1. The second-order valence-electron chi connectivity index (χ2n) is 7.46. The van der Waals surface area contributed by atoms with Crippen molar-refractivity contribution in [1.82, 2.24) is 10.3 Å². The van der Waals surface area contributed by atoms with Crippen LogP contribution in [-0.2, 0) is 11.2 Å². The first kappa shape index (κ1) is 22.7. The van der Waals surface area contributed by atoms with Crippen molar-refractivity contribution in [3.8, 4) is 11.5 Å². The van der Waals surface area contributed by atoms with Crippen molar-refractivity contribution in [3.63, 3.8) is 0 Å². The number of hydrogen-bond donors (Lipinski definition) is 2. The third-order valence-electron chi connectivity index (χ3n) is 5.03. The summed E-state index contributed by atoms with van der Waals surface area (Å²) in [6.45, 7) is 0.773. The highest BCUT2D eigenvalue weighted by atomic mass is 32.2. The van der Waals surface area contributed by atoms with E-state index >= 15 is 0 Å². The summed E-state index contributed by atoms with van der Waals surface area (Å²) in [6.07, 6.45) is 4.50. The van der Waals surface area contributed by atoms with Crippen molar-refractivity contribution in [2.24, 2.45) is 0 Å². The first-order chi connectivity index (χ1) is 16.2. The van der Waals surface area contributed by atoms with Crippen LogP contribution < -0.4 is 20.1 Å². The minimum atomic E-state index is -0.197. The van der Waals surface area contributed by atoms with Gasteiger partial charge in [-0.1, -0.05) is 42.1 Å². The molecule has 0 atom stereocenters. The average molecular weight is 464 g/mol. The summed E-state index contributed by atoms with van der Waals surface area (Å²) in [5.74, 6) is 1.01. The number of aromatic nitrogens is 1. The van der Waals surface area contributed by atoms with Crippen molar-refractivity contribution in [2.75, 3.05) is 24.4 Å². The van der Waals surface area contributed by atoms with E-state index in [0.29, 0.717) is 34.3 Å². The number of thioether (sulfide) groups is 1. The number of nitrogens with zero attached hydrogens (tertiary/aromatic N) is 1. The molecule has 0 saturated carbocycles. The predicted octanol–water partition coefficient (Wildman–Crippen LogP) is 4.29. The second kappa shape index (κ2) is 11.4. The Morgan fingerprint density at radius 3 is 2.70 bits per heavy atom. The summed E-state index contributed by atoms with van der Waals surface area (Å²) in [6, 6.07) is 19.0. The van der Waals surface area contributed by atoms with E-state index in [1.807, 2.05) is 18.2 Å². The molecule has 1 aliphatic rings. The molecule has 1 aromatic heterocycles. The minimum Gasteiger partial charge on any atom is -0.454 e. The minimum absolute atomic E-state index is 0.128. The van der Waals surface area contributed by atoms with E-state index in [-0.39, 0.29) is 24.4 Å². The van der Waals surface area contributed by atoms with Crippen LogP contribution in [0.5, 0.6) is 11.5 Å². The van der Waals surface area contributed by atoms with E-state index in [1.54, 1.807) is 36.5 Å². The molecule has 2 amide bonds. The van der Waals surface area contributed by atoms with Gasteiger partial charge in [0.05, 0.1) is 11.3 Å². The lowest BCUT2D eigenvalue weighted by Gasteiger charge is -2.10. The van der Waals surface area contributed by atoms with Crippen LogP contribution >= 0.6 is 11.8 Å². The molecule has 33 heavy (non-hydrogen) atoms. The number of pyridine rings is 1. The summed E-state index contributed by atoms with van der Waals surface area (Å²) in [5, 5.41) is 6.32. The van der Waals surface area contributed by atoms with Gasteiger partial charge < -0.3 is 20.1 Å². The number of ether oxygens (including phenoxy) is 2. The van der Waals surface area contributed by atoms with Gasteiger partial charge in [-0.25, -0.2) is 4.98 Å². The second-order valence-corrected chi connectivity index (χ2v) is 8.42. The van der Waals surface area contributed by atoms with Gasteiger partial charge >= 0.3 is 0 Å². The van der Waals surface area contributed by atoms with Crippen molar-refractivity contribution >= 4 is 29.3 Å². The van der Waals surface area contributed by atoms with E-state index in [1.165, 1.54) is 17.3 Å². The fourth-order valence-corrected chi connectivity index (χ4v) is 4.17. The van der Waals surface area contributed by atoms with Crippen molar-refractivity contribution in [3.05, 3.63) is 78.0 Å². The van der Waals surface area contributed by atoms with Gasteiger partial charge in [0, 0.05) is 24.5 Å². The Balaban J connectivity index is 1.23. The number of carbonyl (C=O) groups is 2. The van der Waals surface area contributed by atoms with Crippen LogP contribution in [0.3, 0.4) is 0 Å². The zero-order valence-corrected chi connectivity index (χ0v) is 18.9. The third-order valence-corrected chi connectivity index (χ3v) is 6.04. The Bertz CT molecular complexity index is 1110. The van der Waals surface area contributed by atoms with Gasteiger partial charge in [-0.2, -0.15) is 0 Å². The van der Waals surface area contributed by atoms with Crippen LogP contribution in [0.25, 0.3) is 0 Å². The number of unbranched alkanes of at least 4 members (excludes halogenated alkanes) is 1. The first-order valence-electron chi connectivity index (χ1n) is 10.8. The van der Waals surface area contributed by atoms with Gasteiger partial charge in [0.25, 0.3) is 5.91 Å². The lowest BCUT2D eigenvalue weighted by Crippen LogP contribution is -2.25. The van der Waals surface area contributed by atoms with Crippen LogP contribution in [0, 0.1) is 0 Å². The summed E-state index contributed by atoms with van der Waals surface area (Å²) in [7, 11) is 0. The Kier molecular flexibility index (Phi) is 7.81. The van der Waals surface area contributed by atoms with Crippen LogP contribution in [0.4, 0.5) is 5.69 Å². The van der Waals surface area contributed by atoms with E-state index < -0.39 is 0 Å². The summed E-state index contributed by atoms with van der Waals surface area (Å²) in [5.41, 5.74) is 2.40. The highest BCUT2D eigenvalue weighted by Gasteiger charge is 2.16. The molecule has 4 rings (SSSR count). The lowest BCUT2D eigenvalue weighted by atomic mass is 10.1. The number of anilines is 1. The molecular formula is C25H25N3O4S. The molecule has 1 aliphatic heterocycles. The molecule has 0 saturated heterocycles. The summed E-state index contributed by atoms with van der Waals surface area (Å²) in [4.78, 5) is 29.3. The fourth-order valence-electron chi connectivity index (χ4n) is 3.38. The fraction of sp³-hybridized carbons (Fsp3) is 0.240. The molecule has 0 radical (unpaired) electrons. The Morgan fingerprint density at radius 1 is 0.970 bits per heavy atom. The standard InChI is InChI=1S/C25H25N3O4S/c29-23(28-19-11-12-21-22(15-19)32-17-31-21)16-33-25-20(10-6-14-27-25)24(30)26-13-5-4-9-18-7-2-1-3-8-18/h1-3,6-8,10-12,14-15H,4-5,9,13,16-17H2,(H,26,30)(H,28,29). The number of hydrogen-bond acceptors (Lipinski definition) is 6. The number of carbonyl (C=O) groups excluding carboxylic acids is 2. The number of rotatable bonds is 10. The predicted molar refractivity (Wildman–Crippen MR) is 128 cm³/mol. The lowest BCUT2D eigenvalue weighted by molar-refractivity contribution is -0.113. The van der Waals surface area contributed by atoms with Crippen molar-refractivity contribution < 1.29 is 19.1 Å². The van der Waals surface area contributed by atoms with E-state index in [2.05, 4.69) is 27.8 Å². The maximum absolute atomic E-state index is 12.7. The molecule has 2 aromatic carbocycles. The number of fused-ring (bicyclic) bond motifs is 1. The monoisotopic (exact) mass is 463 g/mol. The molecule has 0 fully saturated rings. The number of benzene rings is 2. The molecule has 170 valence electrons. The maximum atomic E-state index is 12.7. The molecule has 2 heterocycles. The molecular weight excluding hydrogens is 438 g/mol. The smallest absolute Gasteiger partial charge is 0.254 e. The Labute approximate surface area is 196 Å². The molecule has 0 aliphatic carbocycles. The average Bonchev–Trinajstić information content (AvgIpc) is 3.31. The van der Waals surface area contributed by atoms with Crippen LogP contribution in [-0.4, -0.2) is 35.9 Å². The molecule has 2 N–H and O–H groups in total. The van der Waals surface area contributed by atoms with Crippen LogP contribution in [0.1, 0.15) is 28.8 Å². The highest BCUT2D eigenvalue weighted by molar-refractivity contribution is 8.00. The molecule has 0 unspecified atom stereocenters. The van der Waals surface area contributed by atoms with Gasteiger partial charge in [0.1, 0.15) is 5.03 Å². The summed E-state index contributed by atoms with van der Waals surface area (Å²) < 4.78 is 10.6. The van der Waals surface area contributed by atoms with Gasteiger partial charge in [0.15, 0.2) is 11.5 Å². The zero-order chi connectivity index (χ0) is 22.9. The Morgan fingerprint density at radius 2 is 1.82 bits per heavy atom. The van der Waals surface area contributed by atoms with Gasteiger partial charge in [-0.3, -0.25) is 9.59 Å². The van der Waals surface area contributed by atoms with Crippen LogP contribution in [0.2, 0.25) is 0 Å². The third kappa shape index (κ3) is 6.49. The number of amides is 2. The maximum Gasteiger partial charge on any atom is 0.254 e. The normalized spacial score (nSPS) is 11.8. The SMILES string of the molecule is O=C(CSc1ncccc1C(=O)NCCCCc1ccccc1)Nc1ccc2c(c1)OCO2. The first-order valence-corrected chi connectivity index (χ1v) is 11.8. The number of nitrogens with one attached hydrogen (secondary N) is 2. The van der Waals surface area contributed by atoms with E-state index in [9.17, 15) is 9.59 Å². The molecule has 0 spiro atoms. The number of aryl methyl sites for hydroxylation is 1. The van der Waals surface area contributed by atoms with Gasteiger partial charge in [-0.05, 0) is 49.1 Å². The van der Waals surface area contributed by atoms with Gasteiger partial charge in [0.2, 0.25) is 12.7 Å². The highest BCUT2D eigenvalue weighted by Crippen LogP contribution is 2.34. The Hall–Kier alpha value is -3.52. The molecule has 8 heteroatoms. The van der Waals surface area contributed by atoms with Crippen molar-refractivity contribution in [2.45, 2.75) is 24.3 Å². The van der Waals surface area contributed by atoms with Gasteiger partial charge in [-0.15, -0.1) is 0 Å². The quantitative estimate of drug-likeness (QED) is 0.344. The van der Waals surface area contributed by atoms with Crippen molar-refractivity contribution in [1.29, 1.82) is 0 Å². The molecule has 3 aromatic rings.